The van der Waals surface area contributed by atoms with Gasteiger partial charge in [-0.15, -0.1) is 0 Å². The number of alkyl halides is 3. The highest BCUT2D eigenvalue weighted by molar-refractivity contribution is 9.10. The van der Waals surface area contributed by atoms with Crippen molar-refractivity contribution in [2.75, 3.05) is 10.8 Å². The third-order valence-corrected chi connectivity index (χ3v) is 10.3. The number of carbonyl (C=O) groups is 2. The largest absolute Gasteiger partial charge is 0.417 e. The molecule has 0 aromatic heterocycles. The van der Waals surface area contributed by atoms with Crippen LogP contribution < -0.4 is 9.62 Å². The van der Waals surface area contributed by atoms with Crippen LogP contribution in [0.4, 0.5) is 18.9 Å². The molecule has 0 saturated heterocycles. The number of nitrogens with one attached hydrogen (secondary N) is 1. The monoisotopic (exact) mass is 763 g/mol. The Morgan fingerprint density at radius 3 is 2.12 bits per heavy atom. The van der Waals surface area contributed by atoms with E-state index in [4.69, 9.17) is 11.6 Å². The van der Waals surface area contributed by atoms with Crippen LogP contribution in [0.2, 0.25) is 5.02 Å². The molecule has 0 spiro atoms. The molecule has 0 unspecified atom stereocenters. The fourth-order valence-corrected chi connectivity index (χ4v) is 7.06. The molecule has 1 N–H and O–H groups in total. The first-order valence-corrected chi connectivity index (χ1v) is 17.6. The van der Waals surface area contributed by atoms with Crippen LogP contribution in [-0.4, -0.2) is 43.8 Å². The molecule has 0 saturated carbocycles. The van der Waals surface area contributed by atoms with Gasteiger partial charge in [-0.05, 0) is 66.9 Å². The average molecular weight is 765 g/mol. The summed E-state index contributed by atoms with van der Waals surface area (Å²) in [5, 5.41) is 2.31. The van der Waals surface area contributed by atoms with Gasteiger partial charge in [0.15, 0.2) is 0 Å². The topological polar surface area (TPSA) is 86.8 Å². The Hall–Kier alpha value is -3.87. The van der Waals surface area contributed by atoms with Crippen LogP contribution in [0.25, 0.3) is 0 Å². The SMILES string of the molecule is CC[C@H](C)NC(=O)[C@@H](Cc1ccccc1)N(Cc1cccc(Br)c1)C(=O)CN(c1ccc(Cl)c(C(F)(F)F)c1)S(=O)(=O)c1ccccc1. The Balaban J connectivity index is 1.86. The fraction of sp³-hybridized carbons (Fsp3) is 0.257. The predicted octanol–water partition coefficient (Wildman–Crippen LogP) is 7.87. The molecule has 0 aliphatic carbocycles. The number of carbonyl (C=O) groups excluding carboxylic acids is 2. The molecule has 0 bridgehead atoms. The molecule has 4 aromatic carbocycles. The summed E-state index contributed by atoms with van der Waals surface area (Å²) < 4.78 is 71.3. The molecular formula is C35H34BrClF3N3O4S. The second-order valence-corrected chi connectivity index (χ2v) is 14.3. The van der Waals surface area contributed by atoms with E-state index in [0.717, 1.165) is 17.7 Å². The van der Waals surface area contributed by atoms with Crippen molar-refractivity contribution in [3.05, 3.63) is 129 Å². The van der Waals surface area contributed by atoms with Gasteiger partial charge in [0.2, 0.25) is 11.8 Å². The standard InChI is InChI=1S/C35H34BrClF3N3O4S/c1-3-24(2)41-34(45)32(20-25-11-6-4-7-12-25)42(22-26-13-10-14-27(36)19-26)33(44)23-43(48(46,47)29-15-8-5-9-16-29)28-17-18-31(37)30(21-28)35(38,39)40/h4-19,21,24,32H,3,20,22-23H2,1-2H3,(H,41,45)/t24-,32+/m0/s1. The van der Waals surface area contributed by atoms with Gasteiger partial charge >= 0.3 is 6.18 Å². The molecule has 0 fully saturated rings. The Kier molecular flexibility index (Phi) is 12.3. The maximum atomic E-state index is 14.5. The maximum absolute atomic E-state index is 14.5. The third kappa shape index (κ3) is 9.39. The number of rotatable bonds is 13. The zero-order valence-corrected chi connectivity index (χ0v) is 29.3. The zero-order valence-electron chi connectivity index (χ0n) is 26.1. The number of anilines is 1. The van der Waals surface area contributed by atoms with Crippen LogP contribution >= 0.6 is 27.5 Å². The summed E-state index contributed by atoms with van der Waals surface area (Å²) in [6.45, 7) is 2.71. The smallest absolute Gasteiger partial charge is 0.352 e. The number of hydrogen-bond acceptors (Lipinski definition) is 4. The van der Waals surface area contributed by atoms with Crippen LogP contribution in [0.5, 0.6) is 0 Å². The Morgan fingerprint density at radius 1 is 0.896 bits per heavy atom. The number of amides is 2. The molecule has 7 nitrogen and oxygen atoms in total. The Morgan fingerprint density at radius 2 is 1.52 bits per heavy atom. The normalized spacial score (nSPS) is 13.0. The second kappa shape index (κ2) is 16.0. The van der Waals surface area contributed by atoms with Crippen molar-refractivity contribution in [2.24, 2.45) is 0 Å². The van der Waals surface area contributed by atoms with Gasteiger partial charge in [-0.1, -0.05) is 95.1 Å². The molecular weight excluding hydrogens is 731 g/mol. The van der Waals surface area contributed by atoms with Crippen molar-refractivity contribution < 1.29 is 31.2 Å². The molecule has 4 rings (SSSR count). The second-order valence-electron chi connectivity index (χ2n) is 11.2. The van der Waals surface area contributed by atoms with Crippen molar-refractivity contribution in [2.45, 2.75) is 56.4 Å². The predicted molar refractivity (Wildman–Crippen MR) is 184 cm³/mol. The summed E-state index contributed by atoms with van der Waals surface area (Å²) in [6.07, 6.45) is -4.20. The van der Waals surface area contributed by atoms with Gasteiger partial charge in [0, 0.05) is 23.5 Å². The molecule has 48 heavy (non-hydrogen) atoms. The number of sulfonamides is 1. The van der Waals surface area contributed by atoms with Crippen molar-refractivity contribution in [1.82, 2.24) is 10.2 Å². The molecule has 4 aromatic rings. The van der Waals surface area contributed by atoms with Crippen molar-refractivity contribution >= 4 is 55.1 Å². The quantitative estimate of drug-likeness (QED) is 0.150. The van der Waals surface area contributed by atoms with Crippen LogP contribution in [0.15, 0.2) is 112 Å². The summed E-state index contributed by atoms with van der Waals surface area (Å²) in [6, 6.07) is 24.5. The molecule has 2 atom stereocenters. The fourth-order valence-electron chi connectivity index (χ4n) is 4.96. The van der Waals surface area contributed by atoms with Gasteiger partial charge in [0.05, 0.1) is 21.2 Å². The molecule has 13 heteroatoms. The molecule has 0 radical (unpaired) electrons. The molecule has 0 heterocycles. The lowest BCUT2D eigenvalue weighted by Crippen LogP contribution is -2.54. The van der Waals surface area contributed by atoms with E-state index in [1.165, 1.54) is 29.2 Å². The lowest BCUT2D eigenvalue weighted by Gasteiger charge is -2.34. The van der Waals surface area contributed by atoms with E-state index in [1.54, 1.807) is 42.5 Å². The van der Waals surface area contributed by atoms with Gasteiger partial charge in [-0.2, -0.15) is 13.2 Å². The first-order chi connectivity index (χ1) is 22.7. The molecule has 254 valence electrons. The average Bonchev–Trinajstić information content (AvgIpc) is 3.05. The van der Waals surface area contributed by atoms with Crippen LogP contribution in [0.1, 0.15) is 37.0 Å². The van der Waals surface area contributed by atoms with Gasteiger partial charge in [0.1, 0.15) is 12.6 Å². The third-order valence-electron chi connectivity index (χ3n) is 7.67. The van der Waals surface area contributed by atoms with E-state index < -0.39 is 56.9 Å². The number of halogens is 5. The van der Waals surface area contributed by atoms with Gasteiger partial charge in [-0.3, -0.25) is 13.9 Å². The van der Waals surface area contributed by atoms with Crippen LogP contribution in [0.3, 0.4) is 0 Å². The van der Waals surface area contributed by atoms with Crippen LogP contribution in [0, 0.1) is 0 Å². The number of nitrogens with zero attached hydrogens (tertiary/aromatic N) is 2. The van der Waals surface area contributed by atoms with E-state index >= 15 is 0 Å². The summed E-state index contributed by atoms with van der Waals surface area (Å²) in [4.78, 5) is 29.5. The van der Waals surface area contributed by atoms with E-state index in [-0.39, 0.29) is 23.9 Å². The number of benzene rings is 4. The minimum absolute atomic E-state index is 0.0907. The minimum Gasteiger partial charge on any atom is -0.352 e. The first-order valence-electron chi connectivity index (χ1n) is 15.0. The van der Waals surface area contributed by atoms with Gasteiger partial charge in [-0.25, -0.2) is 8.42 Å². The highest BCUT2D eigenvalue weighted by Gasteiger charge is 2.37. The summed E-state index contributed by atoms with van der Waals surface area (Å²) in [7, 11) is -4.60. The Labute approximate surface area is 291 Å². The van der Waals surface area contributed by atoms with E-state index in [0.29, 0.717) is 26.8 Å². The van der Waals surface area contributed by atoms with Crippen molar-refractivity contribution in [3.63, 3.8) is 0 Å². The van der Waals surface area contributed by atoms with Crippen molar-refractivity contribution in [3.8, 4) is 0 Å². The van der Waals surface area contributed by atoms with E-state index in [2.05, 4.69) is 21.2 Å². The lowest BCUT2D eigenvalue weighted by atomic mass is 10.0. The highest BCUT2D eigenvalue weighted by atomic mass is 79.9. The minimum atomic E-state index is -4.90. The zero-order chi connectivity index (χ0) is 35.1. The first kappa shape index (κ1) is 37.0. The lowest BCUT2D eigenvalue weighted by molar-refractivity contribution is -0.140. The summed E-state index contributed by atoms with van der Waals surface area (Å²) >= 11 is 9.30. The van der Waals surface area contributed by atoms with Gasteiger partial charge in [0.25, 0.3) is 10.0 Å². The van der Waals surface area contributed by atoms with Gasteiger partial charge < -0.3 is 10.2 Å². The highest BCUT2D eigenvalue weighted by Crippen LogP contribution is 2.38. The summed E-state index contributed by atoms with van der Waals surface area (Å²) in [5.74, 6) is -1.27. The van der Waals surface area contributed by atoms with Crippen molar-refractivity contribution in [1.29, 1.82) is 0 Å². The van der Waals surface area contributed by atoms with E-state index in [1.807, 2.05) is 32.0 Å². The molecule has 0 aliphatic heterocycles. The molecule has 2 amide bonds. The van der Waals surface area contributed by atoms with E-state index in [9.17, 15) is 31.2 Å². The summed E-state index contributed by atoms with van der Waals surface area (Å²) in [5.41, 5.74) is -0.302. The number of hydrogen-bond donors (Lipinski definition) is 1. The van der Waals surface area contributed by atoms with Crippen LogP contribution in [-0.2, 0) is 38.8 Å². The Bertz CT molecular complexity index is 1830. The molecule has 0 aliphatic rings. The maximum Gasteiger partial charge on any atom is 0.417 e.